The third-order valence-electron chi connectivity index (χ3n) is 4.28. The van der Waals surface area contributed by atoms with Gasteiger partial charge < -0.3 is 14.9 Å². The number of aromatic carboxylic acids is 1. The summed E-state index contributed by atoms with van der Waals surface area (Å²) in [6.45, 7) is 1.54. The molecule has 0 bridgehead atoms. The predicted molar refractivity (Wildman–Crippen MR) is 90.3 cm³/mol. The molecule has 2 aromatic carbocycles. The van der Waals surface area contributed by atoms with Crippen LogP contribution in [0.3, 0.4) is 0 Å². The Labute approximate surface area is 141 Å². The van der Waals surface area contributed by atoms with E-state index in [0.717, 1.165) is 24.2 Å². The first kappa shape index (κ1) is 16.3. The lowest BCUT2D eigenvalue weighted by atomic mass is 10.1. The van der Waals surface area contributed by atoms with Crippen LogP contribution in [0.4, 0.5) is 0 Å². The number of aromatic hydroxyl groups is 1. The maximum atomic E-state index is 10.9. The van der Waals surface area contributed by atoms with Gasteiger partial charge in [0, 0.05) is 19.1 Å². The first-order chi connectivity index (χ1) is 11.6. The van der Waals surface area contributed by atoms with Gasteiger partial charge in [-0.05, 0) is 48.2 Å². The van der Waals surface area contributed by atoms with Crippen molar-refractivity contribution in [3.8, 4) is 11.5 Å². The molecular weight excluding hydrogens is 306 g/mol. The van der Waals surface area contributed by atoms with Gasteiger partial charge in [0.05, 0.1) is 12.7 Å². The van der Waals surface area contributed by atoms with Crippen LogP contribution in [0.1, 0.15) is 34.3 Å². The summed E-state index contributed by atoms with van der Waals surface area (Å²) in [4.78, 5) is 13.3. The smallest absolute Gasteiger partial charge is 0.335 e. The highest BCUT2D eigenvalue weighted by molar-refractivity contribution is 5.87. The van der Waals surface area contributed by atoms with Crippen molar-refractivity contribution in [2.75, 3.05) is 7.11 Å². The van der Waals surface area contributed by atoms with Gasteiger partial charge in [0.15, 0.2) is 11.5 Å². The van der Waals surface area contributed by atoms with Crippen LogP contribution < -0.4 is 4.74 Å². The van der Waals surface area contributed by atoms with Crippen molar-refractivity contribution in [3.05, 3.63) is 59.2 Å². The van der Waals surface area contributed by atoms with Crippen LogP contribution in [0.2, 0.25) is 0 Å². The molecule has 0 radical (unpaired) electrons. The third kappa shape index (κ3) is 3.86. The number of hydrogen-bond donors (Lipinski definition) is 2. The van der Waals surface area contributed by atoms with Crippen LogP contribution in [-0.2, 0) is 13.1 Å². The molecule has 1 aliphatic rings. The summed E-state index contributed by atoms with van der Waals surface area (Å²) in [5.74, 6) is -0.283. The van der Waals surface area contributed by atoms with Crippen LogP contribution >= 0.6 is 0 Å². The number of rotatable bonds is 7. The van der Waals surface area contributed by atoms with Crippen LogP contribution in [0.15, 0.2) is 42.5 Å². The molecule has 2 N–H and O–H groups in total. The van der Waals surface area contributed by atoms with Crippen molar-refractivity contribution in [3.63, 3.8) is 0 Å². The number of hydrogen-bond acceptors (Lipinski definition) is 4. The van der Waals surface area contributed by atoms with Crippen molar-refractivity contribution in [1.82, 2.24) is 4.90 Å². The highest BCUT2D eigenvalue weighted by Gasteiger charge is 2.29. The Balaban J connectivity index is 1.72. The van der Waals surface area contributed by atoms with E-state index in [-0.39, 0.29) is 5.75 Å². The molecule has 0 heterocycles. The normalized spacial score (nSPS) is 13.9. The van der Waals surface area contributed by atoms with E-state index in [2.05, 4.69) is 4.90 Å². The zero-order valence-corrected chi connectivity index (χ0v) is 13.6. The summed E-state index contributed by atoms with van der Waals surface area (Å²) >= 11 is 0. The Morgan fingerprint density at radius 3 is 2.33 bits per heavy atom. The molecule has 1 fully saturated rings. The van der Waals surface area contributed by atoms with Gasteiger partial charge in [-0.1, -0.05) is 18.2 Å². The van der Waals surface area contributed by atoms with Crippen LogP contribution in [0.5, 0.6) is 11.5 Å². The molecule has 1 aliphatic carbocycles. The topological polar surface area (TPSA) is 70.0 Å². The third-order valence-corrected chi connectivity index (χ3v) is 4.28. The minimum absolute atomic E-state index is 0.142. The fourth-order valence-corrected chi connectivity index (χ4v) is 2.80. The van der Waals surface area contributed by atoms with E-state index >= 15 is 0 Å². The number of nitrogens with zero attached hydrogens (tertiary/aromatic N) is 1. The van der Waals surface area contributed by atoms with E-state index in [0.29, 0.717) is 17.4 Å². The van der Waals surface area contributed by atoms with Gasteiger partial charge in [0.1, 0.15) is 0 Å². The molecule has 24 heavy (non-hydrogen) atoms. The molecule has 0 spiro atoms. The molecular formula is C19H21NO4. The minimum Gasteiger partial charge on any atom is -0.504 e. The Morgan fingerprint density at radius 2 is 1.75 bits per heavy atom. The number of carbonyl (C=O) groups is 1. The van der Waals surface area contributed by atoms with Crippen LogP contribution in [0, 0.1) is 0 Å². The molecule has 0 aliphatic heterocycles. The number of ether oxygens (including phenoxy) is 1. The summed E-state index contributed by atoms with van der Waals surface area (Å²) < 4.78 is 5.17. The van der Waals surface area contributed by atoms with E-state index in [4.69, 9.17) is 9.84 Å². The molecule has 5 heteroatoms. The number of carboxylic acid groups (broad SMARTS) is 1. The van der Waals surface area contributed by atoms with Gasteiger partial charge in [0.2, 0.25) is 0 Å². The molecule has 126 valence electrons. The number of phenolic OH excluding ortho intramolecular Hbond substituents is 1. The zero-order valence-electron chi connectivity index (χ0n) is 13.6. The fraction of sp³-hybridized carbons (Fsp3) is 0.316. The van der Waals surface area contributed by atoms with Gasteiger partial charge >= 0.3 is 5.97 Å². The largest absolute Gasteiger partial charge is 0.504 e. The Bertz CT molecular complexity index is 723. The number of benzene rings is 2. The quantitative estimate of drug-likeness (QED) is 0.817. The molecule has 2 aromatic rings. The predicted octanol–water partition coefficient (Wildman–Crippen LogP) is 3.26. The summed E-state index contributed by atoms with van der Waals surface area (Å²) in [5, 5.41) is 18.7. The van der Waals surface area contributed by atoms with Crippen LogP contribution in [-0.4, -0.2) is 34.2 Å². The van der Waals surface area contributed by atoms with Crippen molar-refractivity contribution in [2.45, 2.75) is 32.0 Å². The lowest BCUT2D eigenvalue weighted by molar-refractivity contribution is 0.0697. The van der Waals surface area contributed by atoms with Crippen molar-refractivity contribution < 1.29 is 19.7 Å². The SMILES string of the molecule is COc1cc(CN(Cc2ccc(C(=O)O)cc2)C2CC2)ccc1O. The highest BCUT2D eigenvalue weighted by atomic mass is 16.5. The second-order valence-electron chi connectivity index (χ2n) is 6.14. The van der Waals surface area contributed by atoms with Gasteiger partial charge in [-0.15, -0.1) is 0 Å². The Morgan fingerprint density at radius 1 is 1.12 bits per heavy atom. The number of carboxylic acids is 1. The molecule has 0 aromatic heterocycles. The first-order valence-electron chi connectivity index (χ1n) is 7.99. The second kappa shape index (κ2) is 6.93. The summed E-state index contributed by atoms with van der Waals surface area (Å²) in [6.07, 6.45) is 2.37. The molecule has 0 saturated heterocycles. The first-order valence-corrected chi connectivity index (χ1v) is 7.99. The lowest BCUT2D eigenvalue weighted by Gasteiger charge is -2.22. The molecule has 5 nitrogen and oxygen atoms in total. The van der Waals surface area contributed by atoms with E-state index in [1.807, 2.05) is 24.3 Å². The van der Waals surface area contributed by atoms with Crippen molar-refractivity contribution >= 4 is 5.97 Å². The molecule has 3 rings (SSSR count). The maximum Gasteiger partial charge on any atom is 0.335 e. The summed E-state index contributed by atoms with van der Waals surface area (Å²) in [5.41, 5.74) is 2.48. The van der Waals surface area contributed by atoms with Gasteiger partial charge in [-0.25, -0.2) is 4.79 Å². The number of methoxy groups -OCH3 is 1. The zero-order chi connectivity index (χ0) is 17.1. The van der Waals surface area contributed by atoms with E-state index in [1.54, 1.807) is 25.3 Å². The van der Waals surface area contributed by atoms with Gasteiger partial charge in [-0.2, -0.15) is 0 Å². The average Bonchev–Trinajstić information content (AvgIpc) is 3.41. The Hall–Kier alpha value is -2.53. The summed E-state index contributed by atoms with van der Waals surface area (Å²) in [7, 11) is 1.54. The van der Waals surface area contributed by atoms with Crippen molar-refractivity contribution in [1.29, 1.82) is 0 Å². The molecule has 0 amide bonds. The van der Waals surface area contributed by atoms with E-state index in [1.165, 1.54) is 12.8 Å². The van der Waals surface area contributed by atoms with Gasteiger partial charge in [0.25, 0.3) is 0 Å². The second-order valence-corrected chi connectivity index (χ2v) is 6.14. The summed E-state index contributed by atoms with van der Waals surface area (Å²) in [6, 6.07) is 13.0. The van der Waals surface area contributed by atoms with Crippen molar-refractivity contribution in [2.24, 2.45) is 0 Å². The maximum absolute atomic E-state index is 10.9. The Kier molecular flexibility index (Phi) is 4.71. The molecule has 0 atom stereocenters. The monoisotopic (exact) mass is 327 g/mol. The fourth-order valence-electron chi connectivity index (χ4n) is 2.80. The highest BCUT2D eigenvalue weighted by Crippen LogP contribution is 2.32. The minimum atomic E-state index is -0.906. The molecule has 1 saturated carbocycles. The van der Waals surface area contributed by atoms with E-state index < -0.39 is 5.97 Å². The van der Waals surface area contributed by atoms with Crippen LogP contribution in [0.25, 0.3) is 0 Å². The standard InChI is InChI=1S/C19H21NO4/c1-24-18-10-14(4-9-17(18)21)12-20(16-7-8-16)11-13-2-5-15(6-3-13)19(22)23/h2-6,9-10,16,21H,7-8,11-12H2,1H3,(H,22,23). The number of phenols is 1. The lowest BCUT2D eigenvalue weighted by Crippen LogP contribution is -2.25. The van der Waals surface area contributed by atoms with Gasteiger partial charge in [-0.3, -0.25) is 4.90 Å². The van der Waals surface area contributed by atoms with E-state index in [9.17, 15) is 9.90 Å². The average molecular weight is 327 g/mol. The molecule has 0 unspecified atom stereocenters.